The van der Waals surface area contributed by atoms with Crippen LogP contribution >= 0.6 is 12.4 Å². The summed E-state index contributed by atoms with van der Waals surface area (Å²) in [4.78, 5) is 0. The molecule has 3 rings (SSSR count). The normalized spacial score (nSPS) is 13.6. The van der Waals surface area contributed by atoms with Crippen LogP contribution in [-0.2, 0) is 6.54 Å². The van der Waals surface area contributed by atoms with Crippen LogP contribution in [0.4, 0.5) is 0 Å². The van der Waals surface area contributed by atoms with E-state index >= 15 is 0 Å². The van der Waals surface area contributed by atoms with Crippen molar-refractivity contribution in [1.29, 1.82) is 0 Å². The number of halogens is 1. The van der Waals surface area contributed by atoms with Crippen molar-refractivity contribution in [2.24, 2.45) is 0 Å². The van der Waals surface area contributed by atoms with Gasteiger partial charge in [0.15, 0.2) is 11.5 Å². The molecule has 1 N–H and O–H groups in total. The molecule has 4 heteroatoms. The fourth-order valence-electron chi connectivity index (χ4n) is 2.38. The fourth-order valence-corrected chi connectivity index (χ4v) is 2.38. The van der Waals surface area contributed by atoms with Crippen LogP contribution in [0.3, 0.4) is 0 Å². The first-order chi connectivity index (χ1) is 9.83. The van der Waals surface area contributed by atoms with Crippen molar-refractivity contribution < 1.29 is 9.47 Å². The second-order valence-corrected chi connectivity index (χ2v) is 5.13. The summed E-state index contributed by atoms with van der Waals surface area (Å²) < 4.78 is 10.7. The van der Waals surface area contributed by atoms with Gasteiger partial charge in [-0.2, -0.15) is 0 Å². The van der Waals surface area contributed by atoms with Crippen molar-refractivity contribution in [3.63, 3.8) is 0 Å². The van der Waals surface area contributed by atoms with Crippen molar-refractivity contribution in [2.75, 3.05) is 13.3 Å². The highest BCUT2D eigenvalue weighted by Gasteiger charge is 2.13. The topological polar surface area (TPSA) is 30.5 Å². The van der Waals surface area contributed by atoms with E-state index in [1.54, 1.807) is 0 Å². The lowest BCUT2D eigenvalue weighted by atomic mass is 10.0. The summed E-state index contributed by atoms with van der Waals surface area (Å²) in [6.07, 6.45) is 0. The predicted molar refractivity (Wildman–Crippen MR) is 86.4 cm³/mol. The van der Waals surface area contributed by atoms with Gasteiger partial charge in [-0.3, -0.25) is 0 Å². The summed E-state index contributed by atoms with van der Waals surface area (Å²) in [5.41, 5.74) is 2.58. The minimum absolute atomic E-state index is 0. The Balaban J connectivity index is 0.00000161. The maximum absolute atomic E-state index is 5.39. The van der Waals surface area contributed by atoms with E-state index in [9.17, 15) is 0 Å². The Morgan fingerprint density at radius 1 is 1.05 bits per heavy atom. The molecule has 1 atom stereocenters. The van der Waals surface area contributed by atoms with Crippen molar-refractivity contribution in [3.05, 3.63) is 59.7 Å². The first-order valence-electron chi connectivity index (χ1n) is 6.97. The van der Waals surface area contributed by atoms with Crippen LogP contribution in [0.5, 0.6) is 11.5 Å². The van der Waals surface area contributed by atoms with Gasteiger partial charge in [-0.05, 0) is 29.2 Å². The summed E-state index contributed by atoms with van der Waals surface area (Å²) in [6, 6.07) is 16.7. The third-order valence-electron chi connectivity index (χ3n) is 3.59. The van der Waals surface area contributed by atoms with Crippen LogP contribution in [0.1, 0.15) is 24.0 Å². The van der Waals surface area contributed by atoms with Gasteiger partial charge in [-0.25, -0.2) is 0 Å². The van der Waals surface area contributed by atoms with Gasteiger partial charge in [-0.15, -0.1) is 12.4 Å². The molecule has 0 radical (unpaired) electrons. The number of rotatable bonds is 5. The molecule has 1 aliphatic rings. The van der Waals surface area contributed by atoms with E-state index < -0.39 is 0 Å². The molecule has 1 aliphatic heterocycles. The molecule has 0 aliphatic carbocycles. The van der Waals surface area contributed by atoms with Gasteiger partial charge in [0, 0.05) is 13.1 Å². The second kappa shape index (κ2) is 7.34. The minimum Gasteiger partial charge on any atom is -0.454 e. The van der Waals surface area contributed by atoms with Crippen molar-refractivity contribution in [2.45, 2.75) is 19.4 Å². The zero-order valence-corrected chi connectivity index (χ0v) is 12.9. The first kappa shape index (κ1) is 15.7. The van der Waals surface area contributed by atoms with Crippen LogP contribution in [0.2, 0.25) is 0 Å². The number of ether oxygens (including phenoxy) is 2. The molecule has 0 fully saturated rings. The molecule has 0 saturated heterocycles. The van der Waals surface area contributed by atoms with Gasteiger partial charge in [0.1, 0.15) is 0 Å². The van der Waals surface area contributed by atoms with E-state index in [0.717, 1.165) is 24.6 Å². The zero-order chi connectivity index (χ0) is 13.8. The molecule has 0 amide bonds. The number of benzene rings is 2. The Hall–Kier alpha value is -1.71. The van der Waals surface area contributed by atoms with Crippen LogP contribution in [0, 0.1) is 0 Å². The van der Waals surface area contributed by atoms with Crippen LogP contribution in [0.15, 0.2) is 48.5 Å². The lowest BCUT2D eigenvalue weighted by molar-refractivity contribution is 0.174. The predicted octanol–water partition coefficient (Wildman–Crippen LogP) is 3.73. The van der Waals surface area contributed by atoms with E-state index in [1.807, 2.05) is 12.1 Å². The summed E-state index contributed by atoms with van der Waals surface area (Å²) in [7, 11) is 0. The van der Waals surface area contributed by atoms with E-state index in [0.29, 0.717) is 12.7 Å². The highest BCUT2D eigenvalue weighted by atomic mass is 35.5. The Morgan fingerprint density at radius 2 is 1.81 bits per heavy atom. The van der Waals surface area contributed by atoms with E-state index in [-0.39, 0.29) is 12.4 Å². The third kappa shape index (κ3) is 3.90. The van der Waals surface area contributed by atoms with E-state index in [2.05, 4.69) is 48.6 Å². The average molecular weight is 306 g/mol. The number of nitrogens with one attached hydrogen (secondary N) is 1. The molecule has 0 bridgehead atoms. The maximum atomic E-state index is 5.39. The first-order valence-corrected chi connectivity index (χ1v) is 6.97. The zero-order valence-electron chi connectivity index (χ0n) is 12.0. The third-order valence-corrected chi connectivity index (χ3v) is 3.59. The van der Waals surface area contributed by atoms with Crippen molar-refractivity contribution >= 4 is 12.4 Å². The van der Waals surface area contributed by atoms with Gasteiger partial charge in [-0.1, -0.05) is 43.3 Å². The molecule has 1 unspecified atom stereocenters. The molecule has 0 saturated carbocycles. The van der Waals surface area contributed by atoms with Gasteiger partial charge < -0.3 is 14.8 Å². The number of hydrogen-bond donors (Lipinski definition) is 1. The molecule has 21 heavy (non-hydrogen) atoms. The van der Waals surface area contributed by atoms with Gasteiger partial charge in [0.25, 0.3) is 0 Å². The summed E-state index contributed by atoms with van der Waals surface area (Å²) >= 11 is 0. The standard InChI is InChI=1S/C17H19NO2.ClH/c1-13(15-5-3-2-4-6-15)10-18-11-14-7-8-16-17(9-14)20-12-19-16;/h2-9,13,18H,10-12H2,1H3;1H. The summed E-state index contributed by atoms with van der Waals surface area (Å²) in [5, 5.41) is 3.49. The molecule has 2 aromatic rings. The Bertz CT molecular complexity index is 574. The summed E-state index contributed by atoms with van der Waals surface area (Å²) in [6.45, 7) is 4.37. The van der Waals surface area contributed by atoms with E-state index in [1.165, 1.54) is 11.1 Å². The van der Waals surface area contributed by atoms with Crippen molar-refractivity contribution in [3.8, 4) is 11.5 Å². The largest absolute Gasteiger partial charge is 0.454 e. The molecule has 1 heterocycles. The second-order valence-electron chi connectivity index (χ2n) is 5.13. The molecular formula is C17H20ClNO2. The van der Waals surface area contributed by atoms with Gasteiger partial charge in [0.05, 0.1) is 0 Å². The van der Waals surface area contributed by atoms with Crippen LogP contribution in [0.25, 0.3) is 0 Å². The quantitative estimate of drug-likeness (QED) is 0.913. The number of hydrogen-bond acceptors (Lipinski definition) is 3. The molecular weight excluding hydrogens is 286 g/mol. The highest BCUT2D eigenvalue weighted by Crippen LogP contribution is 2.32. The fraction of sp³-hybridized carbons (Fsp3) is 0.294. The Kier molecular flexibility index (Phi) is 5.48. The lowest BCUT2D eigenvalue weighted by Gasteiger charge is -2.13. The van der Waals surface area contributed by atoms with Gasteiger partial charge >= 0.3 is 0 Å². The number of fused-ring (bicyclic) bond motifs is 1. The van der Waals surface area contributed by atoms with Crippen molar-refractivity contribution in [1.82, 2.24) is 5.32 Å². The summed E-state index contributed by atoms with van der Waals surface area (Å²) in [5.74, 6) is 2.19. The molecule has 3 nitrogen and oxygen atoms in total. The molecule has 0 aromatic heterocycles. The Morgan fingerprint density at radius 3 is 2.62 bits per heavy atom. The molecule has 112 valence electrons. The Labute approximate surface area is 131 Å². The minimum atomic E-state index is 0. The molecule has 0 spiro atoms. The lowest BCUT2D eigenvalue weighted by Crippen LogP contribution is -2.19. The molecule has 2 aromatic carbocycles. The maximum Gasteiger partial charge on any atom is 0.231 e. The monoisotopic (exact) mass is 305 g/mol. The van der Waals surface area contributed by atoms with Crippen LogP contribution < -0.4 is 14.8 Å². The van der Waals surface area contributed by atoms with Crippen LogP contribution in [-0.4, -0.2) is 13.3 Å². The SMILES string of the molecule is CC(CNCc1ccc2c(c1)OCO2)c1ccccc1.Cl. The van der Waals surface area contributed by atoms with E-state index in [4.69, 9.17) is 9.47 Å². The average Bonchev–Trinajstić information content (AvgIpc) is 2.95. The highest BCUT2D eigenvalue weighted by molar-refractivity contribution is 5.85. The smallest absolute Gasteiger partial charge is 0.231 e. The van der Waals surface area contributed by atoms with Gasteiger partial charge in [0.2, 0.25) is 6.79 Å².